The van der Waals surface area contributed by atoms with Gasteiger partial charge in [-0.25, -0.2) is 9.67 Å². The van der Waals surface area contributed by atoms with Gasteiger partial charge >= 0.3 is 0 Å². The van der Waals surface area contributed by atoms with Gasteiger partial charge in [-0.2, -0.15) is 0 Å². The molecule has 0 bridgehead atoms. The lowest BCUT2D eigenvalue weighted by Crippen LogP contribution is -2.22. The minimum Gasteiger partial charge on any atom is -0.356 e. The topological polar surface area (TPSA) is 115 Å². The maximum atomic E-state index is 12.5. The molecule has 156 valence electrons. The highest BCUT2D eigenvalue weighted by Crippen LogP contribution is 2.25. The van der Waals surface area contributed by atoms with Crippen LogP contribution in [0.15, 0.2) is 60.2 Å². The van der Waals surface area contributed by atoms with Crippen molar-refractivity contribution in [3.05, 3.63) is 71.4 Å². The van der Waals surface area contributed by atoms with E-state index in [4.69, 9.17) is 0 Å². The first kappa shape index (κ1) is 20.4. The second kappa shape index (κ2) is 9.26. The number of anilines is 1. The number of carbonyl (C=O) groups is 2. The van der Waals surface area contributed by atoms with E-state index < -0.39 is 0 Å². The number of amides is 2. The Morgan fingerprint density at radius 2 is 1.84 bits per heavy atom. The SMILES string of the molecule is CC(=O)NCCc1ccc(-c2csc(NC(=O)c3ccc(-n4cnnn4)cc3)n2)cc1. The van der Waals surface area contributed by atoms with Crippen molar-refractivity contribution in [1.29, 1.82) is 0 Å². The summed E-state index contributed by atoms with van der Waals surface area (Å²) in [6.07, 6.45) is 2.26. The summed E-state index contributed by atoms with van der Waals surface area (Å²) in [5.41, 5.74) is 4.16. The Kier molecular flexibility index (Phi) is 6.08. The van der Waals surface area contributed by atoms with Crippen LogP contribution in [0.3, 0.4) is 0 Å². The standard InChI is InChI=1S/C21H19N7O2S/c1-14(29)22-11-10-15-2-4-16(5-3-15)19-12-31-21(24-19)25-20(30)17-6-8-18(9-7-17)28-13-23-26-27-28/h2-9,12-13H,10-11H2,1H3,(H,22,29)(H,24,25,30). The Morgan fingerprint density at radius 1 is 1.06 bits per heavy atom. The molecule has 4 aromatic rings. The van der Waals surface area contributed by atoms with Gasteiger partial charge < -0.3 is 5.32 Å². The fourth-order valence-corrected chi connectivity index (χ4v) is 3.62. The molecule has 2 aromatic carbocycles. The molecule has 0 saturated carbocycles. The predicted molar refractivity (Wildman–Crippen MR) is 117 cm³/mol. The third-order valence-electron chi connectivity index (χ3n) is 4.51. The van der Waals surface area contributed by atoms with Crippen LogP contribution in [0.4, 0.5) is 5.13 Å². The van der Waals surface area contributed by atoms with E-state index in [-0.39, 0.29) is 11.8 Å². The molecule has 0 saturated heterocycles. The van der Waals surface area contributed by atoms with Crippen molar-refractivity contribution in [1.82, 2.24) is 30.5 Å². The molecular weight excluding hydrogens is 414 g/mol. The van der Waals surface area contributed by atoms with Gasteiger partial charge in [-0.3, -0.25) is 14.9 Å². The van der Waals surface area contributed by atoms with E-state index in [2.05, 4.69) is 31.1 Å². The van der Waals surface area contributed by atoms with Crippen molar-refractivity contribution in [3.8, 4) is 16.9 Å². The van der Waals surface area contributed by atoms with E-state index in [9.17, 15) is 9.59 Å². The van der Waals surface area contributed by atoms with Crippen molar-refractivity contribution in [2.24, 2.45) is 0 Å². The molecule has 0 aliphatic carbocycles. The first-order valence-electron chi connectivity index (χ1n) is 9.52. The molecular formula is C21H19N7O2S. The van der Waals surface area contributed by atoms with Crippen LogP contribution in [-0.2, 0) is 11.2 Å². The Labute approximate surface area is 182 Å². The molecule has 2 heterocycles. The predicted octanol–water partition coefficient (Wildman–Crippen LogP) is 2.72. The first-order chi connectivity index (χ1) is 15.1. The molecule has 4 rings (SSSR count). The zero-order valence-electron chi connectivity index (χ0n) is 16.6. The van der Waals surface area contributed by atoms with Gasteiger partial charge in [-0.15, -0.1) is 16.4 Å². The highest BCUT2D eigenvalue weighted by Gasteiger charge is 2.11. The number of carbonyl (C=O) groups excluding carboxylic acids is 2. The van der Waals surface area contributed by atoms with Crippen LogP contribution in [0.5, 0.6) is 0 Å². The number of rotatable bonds is 7. The van der Waals surface area contributed by atoms with E-state index in [0.717, 1.165) is 28.9 Å². The van der Waals surface area contributed by atoms with Gasteiger partial charge in [0.2, 0.25) is 5.91 Å². The molecule has 2 N–H and O–H groups in total. The summed E-state index contributed by atoms with van der Waals surface area (Å²) in [6, 6.07) is 15.0. The second-order valence-corrected chi connectivity index (χ2v) is 7.58. The molecule has 2 aromatic heterocycles. The Bertz CT molecular complexity index is 1170. The molecule has 0 atom stereocenters. The van der Waals surface area contributed by atoms with Crippen molar-refractivity contribution in [3.63, 3.8) is 0 Å². The molecule has 2 amide bonds. The van der Waals surface area contributed by atoms with Crippen LogP contribution in [0.2, 0.25) is 0 Å². The zero-order chi connectivity index (χ0) is 21.6. The van der Waals surface area contributed by atoms with Gasteiger partial charge in [0.05, 0.1) is 11.4 Å². The monoisotopic (exact) mass is 433 g/mol. The lowest BCUT2D eigenvalue weighted by molar-refractivity contribution is -0.118. The quantitative estimate of drug-likeness (QED) is 0.463. The molecule has 0 unspecified atom stereocenters. The average molecular weight is 433 g/mol. The summed E-state index contributed by atoms with van der Waals surface area (Å²) in [5, 5.41) is 19.1. The van der Waals surface area contributed by atoms with E-state index in [1.807, 2.05) is 29.6 Å². The highest BCUT2D eigenvalue weighted by atomic mass is 32.1. The Morgan fingerprint density at radius 3 is 2.52 bits per heavy atom. The van der Waals surface area contributed by atoms with Gasteiger partial charge in [0.15, 0.2) is 5.13 Å². The number of aromatic nitrogens is 5. The largest absolute Gasteiger partial charge is 0.356 e. The van der Waals surface area contributed by atoms with Gasteiger partial charge in [-0.1, -0.05) is 24.3 Å². The first-order valence-corrected chi connectivity index (χ1v) is 10.4. The van der Waals surface area contributed by atoms with E-state index >= 15 is 0 Å². The maximum absolute atomic E-state index is 12.5. The van der Waals surface area contributed by atoms with Crippen molar-refractivity contribution in [2.75, 3.05) is 11.9 Å². The van der Waals surface area contributed by atoms with Gasteiger partial charge in [0.1, 0.15) is 6.33 Å². The summed E-state index contributed by atoms with van der Waals surface area (Å²) in [4.78, 5) is 28.0. The summed E-state index contributed by atoms with van der Waals surface area (Å²) in [6.45, 7) is 2.12. The van der Waals surface area contributed by atoms with Gasteiger partial charge in [0.25, 0.3) is 5.91 Å². The molecule has 0 radical (unpaired) electrons. The second-order valence-electron chi connectivity index (χ2n) is 6.72. The minimum absolute atomic E-state index is 0.0304. The number of tetrazole rings is 1. The number of nitrogens with zero attached hydrogens (tertiary/aromatic N) is 5. The van der Waals surface area contributed by atoms with Crippen LogP contribution in [-0.4, -0.2) is 43.6 Å². The fraction of sp³-hybridized carbons (Fsp3) is 0.143. The number of benzene rings is 2. The maximum Gasteiger partial charge on any atom is 0.257 e. The van der Waals surface area contributed by atoms with E-state index in [1.165, 1.54) is 29.3 Å². The molecule has 10 heteroatoms. The molecule has 0 spiro atoms. The van der Waals surface area contributed by atoms with E-state index in [1.54, 1.807) is 24.3 Å². The lowest BCUT2D eigenvalue weighted by Gasteiger charge is -2.04. The third kappa shape index (κ3) is 5.17. The normalized spacial score (nSPS) is 10.6. The average Bonchev–Trinajstić information content (AvgIpc) is 3.47. The van der Waals surface area contributed by atoms with Crippen LogP contribution in [0.25, 0.3) is 16.9 Å². The Hall–Kier alpha value is -3.92. The summed E-state index contributed by atoms with van der Waals surface area (Å²) >= 11 is 1.37. The molecule has 0 aliphatic heterocycles. The van der Waals surface area contributed by atoms with Crippen LogP contribution in [0, 0.1) is 0 Å². The summed E-state index contributed by atoms with van der Waals surface area (Å²) in [7, 11) is 0. The van der Waals surface area contributed by atoms with Crippen LogP contribution < -0.4 is 10.6 Å². The highest BCUT2D eigenvalue weighted by molar-refractivity contribution is 7.14. The molecule has 9 nitrogen and oxygen atoms in total. The minimum atomic E-state index is -0.238. The third-order valence-corrected chi connectivity index (χ3v) is 5.26. The fourth-order valence-electron chi connectivity index (χ4n) is 2.90. The van der Waals surface area contributed by atoms with Crippen molar-refractivity contribution in [2.45, 2.75) is 13.3 Å². The Balaban J connectivity index is 1.37. The molecule has 31 heavy (non-hydrogen) atoms. The lowest BCUT2D eigenvalue weighted by atomic mass is 10.1. The molecule has 0 fully saturated rings. The van der Waals surface area contributed by atoms with Crippen LogP contribution >= 0.6 is 11.3 Å². The number of thiazole rings is 1. The van der Waals surface area contributed by atoms with E-state index in [0.29, 0.717) is 17.2 Å². The van der Waals surface area contributed by atoms with Gasteiger partial charge in [-0.05, 0) is 46.7 Å². The summed E-state index contributed by atoms with van der Waals surface area (Å²) < 4.78 is 1.51. The van der Waals surface area contributed by atoms with Crippen LogP contribution in [0.1, 0.15) is 22.8 Å². The van der Waals surface area contributed by atoms with Crippen molar-refractivity contribution < 1.29 is 9.59 Å². The number of hydrogen-bond acceptors (Lipinski definition) is 7. The summed E-state index contributed by atoms with van der Waals surface area (Å²) in [5.74, 6) is -0.269. The number of hydrogen-bond donors (Lipinski definition) is 2. The smallest absolute Gasteiger partial charge is 0.257 e. The van der Waals surface area contributed by atoms with Crippen molar-refractivity contribution >= 4 is 28.3 Å². The zero-order valence-corrected chi connectivity index (χ0v) is 17.5. The van der Waals surface area contributed by atoms with Gasteiger partial charge in [0, 0.05) is 30.0 Å². The molecule has 0 aliphatic rings. The number of nitrogens with one attached hydrogen (secondary N) is 2.